The molecule has 0 aromatic carbocycles. The topological polar surface area (TPSA) is 63.6 Å². The Morgan fingerprint density at radius 2 is 2.00 bits per heavy atom. The summed E-state index contributed by atoms with van der Waals surface area (Å²) in [6, 6.07) is 0. The second kappa shape index (κ2) is 5.34. The lowest BCUT2D eigenvalue weighted by Crippen LogP contribution is -2.40. The number of carbonyl (C=O) groups excluding carboxylic acids is 1. The van der Waals surface area contributed by atoms with Gasteiger partial charge < -0.3 is 9.84 Å². The maximum atomic E-state index is 11.2. The van der Waals surface area contributed by atoms with Crippen molar-refractivity contribution in [2.75, 3.05) is 7.11 Å². The molecule has 0 aromatic rings. The number of carboxylic acid groups (broad SMARTS) is 1. The predicted molar refractivity (Wildman–Crippen MR) is 63.4 cm³/mol. The average Bonchev–Trinajstić information content (AvgIpc) is 2.25. The average molecular weight is 240 g/mol. The fourth-order valence-corrected chi connectivity index (χ4v) is 2.59. The predicted octanol–water partition coefficient (Wildman–Crippen LogP) is 2.24. The Kier molecular flexibility index (Phi) is 4.32. The van der Waals surface area contributed by atoms with E-state index >= 15 is 0 Å². The summed E-state index contributed by atoms with van der Waals surface area (Å²) in [6.45, 7) is 3.91. The van der Waals surface area contributed by atoms with Gasteiger partial charge in [0, 0.05) is 6.08 Å². The lowest BCUT2D eigenvalue weighted by Gasteiger charge is -2.41. The molecule has 4 nitrogen and oxygen atoms in total. The van der Waals surface area contributed by atoms with E-state index < -0.39 is 11.9 Å². The summed E-state index contributed by atoms with van der Waals surface area (Å²) in [7, 11) is 1.33. The van der Waals surface area contributed by atoms with Crippen molar-refractivity contribution < 1.29 is 19.4 Å². The molecule has 1 rings (SSSR count). The normalized spacial score (nSPS) is 27.9. The van der Waals surface area contributed by atoms with E-state index in [0.717, 1.165) is 12.8 Å². The van der Waals surface area contributed by atoms with Crippen molar-refractivity contribution >= 4 is 11.9 Å². The number of esters is 1. The number of carbonyl (C=O) groups is 2. The van der Waals surface area contributed by atoms with Crippen molar-refractivity contribution in [3.8, 4) is 0 Å². The third-order valence-electron chi connectivity index (χ3n) is 3.83. The zero-order chi connectivity index (χ0) is 13.1. The van der Waals surface area contributed by atoms with Crippen LogP contribution < -0.4 is 0 Å². The molecule has 0 amide bonds. The lowest BCUT2D eigenvalue weighted by molar-refractivity contribution is -0.149. The molecule has 0 aliphatic heterocycles. The summed E-state index contributed by atoms with van der Waals surface area (Å²) in [5, 5.41) is 9.20. The van der Waals surface area contributed by atoms with Crippen LogP contribution in [0.5, 0.6) is 0 Å². The molecule has 96 valence electrons. The quantitative estimate of drug-likeness (QED) is 0.607. The van der Waals surface area contributed by atoms with Crippen molar-refractivity contribution in [2.24, 2.45) is 17.3 Å². The molecule has 1 aliphatic rings. The van der Waals surface area contributed by atoms with E-state index in [-0.39, 0.29) is 17.3 Å². The Morgan fingerprint density at radius 3 is 2.53 bits per heavy atom. The molecule has 0 radical (unpaired) electrons. The molecular formula is C13H20O4. The van der Waals surface area contributed by atoms with Gasteiger partial charge in [-0.2, -0.15) is 0 Å². The van der Waals surface area contributed by atoms with E-state index in [1.165, 1.54) is 13.2 Å². The van der Waals surface area contributed by atoms with Crippen LogP contribution in [-0.2, 0) is 14.3 Å². The Hall–Kier alpha value is -1.32. The van der Waals surface area contributed by atoms with Gasteiger partial charge in [0.2, 0.25) is 0 Å². The van der Waals surface area contributed by atoms with Crippen molar-refractivity contribution in [3.05, 3.63) is 12.2 Å². The van der Waals surface area contributed by atoms with Gasteiger partial charge in [0.15, 0.2) is 0 Å². The highest BCUT2D eigenvalue weighted by atomic mass is 16.5. The third-order valence-corrected chi connectivity index (χ3v) is 3.83. The first-order chi connectivity index (χ1) is 7.89. The van der Waals surface area contributed by atoms with Gasteiger partial charge in [-0.1, -0.05) is 26.3 Å². The Labute approximate surface area is 102 Å². The van der Waals surface area contributed by atoms with Gasteiger partial charge in [0.1, 0.15) is 0 Å². The van der Waals surface area contributed by atoms with Crippen LogP contribution in [0.4, 0.5) is 0 Å². The molecule has 0 bridgehead atoms. The molecule has 0 heterocycles. The van der Waals surface area contributed by atoms with Gasteiger partial charge in [0.05, 0.1) is 13.0 Å². The summed E-state index contributed by atoms with van der Waals surface area (Å²) in [6.07, 6.45) is 5.71. The van der Waals surface area contributed by atoms with Crippen LogP contribution in [0.2, 0.25) is 0 Å². The maximum Gasteiger partial charge on any atom is 0.330 e. The molecule has 1 aliphatic carbocycles. The number of rotatable bonds is 3. The lowest BCUT2D eigenvalue weighted by atomic mass is 9.62. The number of allylic oxidation sites excluding steroid dienone is 1. The first-order valence-corrected chi connectivity index (χ1v) is 5.88. The van der Waals surface area contributed by atoms with Gasteiger partial charge in [-0.3, -0.25) is 4.79 Å². The number of hydrogen-bond acceptors (Lipinski definition) is 3. The zero-order valence-electron chi connectivity index (χ0n) is 10.6. The van der Waals surface area contributed by atoms with E-state index in [1.54, 1.807) is 6.08 Å². The molecular weight excluding hydrogens is 220 g/mol. The molecule has 2 atom stereocenters. The fraction of sp³-hybridized carbons (Fsp3) is 0.692. The van der Waals surface area contributed by atoms with Crippen LogP contribution in [0.25, 0.3) is 0 Å². The highest BCUT2D eigenvalue weighted by Gasteiger charge is 2.42. The molecule has 4 heteroatoms. The van der Waals surface area contributed by atoms with Crippen LogP contribution in [0, 0.1) is 17.3 Å². The van der Waals surface area contributed by atoms with Gasteiger partial charge in [-0.05, 0) is 24.2 Å². The van der Waals surface area contributed by atoms with Crippen LogP contribution >= 0.6 is 0 Å². The molecule has 0 aromatic heterocycles. The number of hydrogen-bond donors (Lipinski definition) is 1. The summed E-state index contributed by atoms with van der Waals surface area (Å²) in [5.74, 6) is -1.37. The SMILES string of the molecule is COC(=O)C=CC1CCCC(C(=O)O)C1(C)C. The van der Waals surface area contributed by atoms with Crippen molar-refractivity contribution in [2.45, 2.75) is 33.1 Å². The standard InChI is InChI=1S/C13H20O4/c1-13(2)9(7-8-11(14)17-3)5-4-6-10(13)12(15)16/h7-10H,4-6H2,1-3H3,(H,15,16). The maximum absolute atomic E-state index is 11.2. The number of carboxylic acids is 1. The monoisotopic (exact) mass is 240 g/mol. The summed E-state index contributed by atoms with van der Waals surface area (Å²) in [5.41, 5.74) is -0.325. The van der Waals surface area contributed by atoms with Crippen LogP contribution in [0.1, 0.15) is 33.1 Å². The van der Waals surface area contributed by atoms with Gasteiger partial charge in [-0.15, -0.1) is 0 Å². The first-order valence-electron chi connectivity index (χ1n) is 5.88. The highest BCUT2D eigenvalue weighted by Crippen LogP contribution is 2.45. The van der Waals surface area contributed by atoms with Gasteiger partial charge in [0.25, 0.3) is 0 Å². The Balaban J connectivity index is 2.82. The molecule has 2 unspecified atom stereocenters. The number of ether oxygens (including phenoxy) is 1. The minimum absolute atomic E-state index is 0.108. The Morgan fingerprint density at radius 1 is 1.35 bits per heavy atom. The molecule has 1 N–H and O–H groups in total. The van der Waals surface area contributed by atoms with Gasteiger partial charge >= 0.3 is 11.9 Å². The van der Waals surface area contributed by atoms with E-state index in [9.17, 15) is 14.7 Å². The van der Waals surface area contributed by atoms with Crippen LogP contribution in [0.3, 0.4) is 0 Å². The minimum atomic E-state index is -0.744. The molecule has 1 fully saturated rings. The Bertz CT molecular complexity index is 330. The number of methoxy groups -OCH3 is 1. The van der Waals surface area contributed by atoms with Crippen LogP contribution in [0.15, 0.2) is 12.2 Å². The molecule has 0 saturated heterocycles. The third kappa shape index (κ3) is 3.08. The summed E-state index contributed by atoms with van der Waals surface area (Å²) in [4.78, 5) is 22.2. The molecule has 17 heavy (non-hydrogen) atoms. The second-order valence-corrected chi connectivity index (χ2v) is 5.13. The smallest absolute Gasteiger partial charge is 0.330 e. The van der Waals surface area contributed by atoms with E-state index in [4.69, 9.17) is 0 Å². The molecule has 1 saturated carbocycles. The zero-order valence-corrected chi connectivity index (χ0v) is 10.6. The van der Waals surface area contributed by atoms with Crippen LogP contribution in [-0.4, -0.2) is 24.2 Å². The minimum Gasteiger partial charge on any atom is -0.481 e. The summed E-state index contributed by atoms with van der Waals surface area (Å²) >= 11 is 0. The van der Waals surface area contributed by atoms with E-state index in [1.807, 2.05) is 13.8 Å². The summed E-state index contributed by atoms with van der Waals surface area (Å²) < 4.78 is 4.54. The van der Waals surface area contributed by atoms with E-state index in [2.05, 4.69) is 4.74 Å². The van der Waals surface area contributed by atoms with Gasteiger partial charge in [-0.25, -0.2) is 4.79 Å². The largest absolute Gasteiger partial charge is 0.481 e. The highest BCUT2D eigenvalue weighted by molar-refractivity contribution is 5.81. The second-order valence-electron chi connectivity index (χ2n) is 5.13. The first kappa shape index (κ1) is 13.7. The number of aliphatic carboxylic acids is 1. The fourth-order valence-electron chi connectivity index (χ4n) is 2.59. The van der Waals surface area contributed by atoms with Crippen molar-refractivity contribution in [1.29, 1.82) is 0 Å². The van der Waals surface area contributed by atoms with E-state index in [0.29, 0.717) is 6.42 Å². The van der Waals surface area contributed by atoms with Crippen molar-refractivity contribution in [3.63, 3.8) is 0 Å². The van der Waals surface area contributed by atoms with Crippen molar-refractivity contribution in [1.82, 2.24) is 0 Å². The molecule has 0 spiro atoms.